The zero-order valence-corrected chi connectivity index (χ0v) is 18.3. The topological polar surface area (TPSA) is 115 Å². The summed E-state index contributed by atoms with van der Waals surface area (Å²) < 4.78 is 15.9. The first kappa shape index (κ1) is 21.6. The van der Waals surface area contributed by atoms with Gasteiger partial charge in [0.05, 0.1) is 16.6 Å². The smallest absolute Gasteiger partial charge is 0.323 e. The molecule has 0 bridgehead atoms. The quantitative estimate of drug-likeness (QED) is 0.358. The molecule has 1 saturated carbocycles. The van der Waals surface area contributed by atoms with E-state index >= 15 is 0 Å². The minimum Gasteiger partial charge on any atom is -0.383 e. The Morgan fingerprint density at radius 2 is 1.82 bits per heavy atom. The molecule has 0 aliphatic heterocycles. The lowest BCUT2D eigenvalue weighted by Gasteiger charge is -2.12. The Morgan fingerprint density at radius 1 is 1.03 bits per heavy atom. The third-order valence-corrected chi connectivity index (χ3v) is 6.11. The number of carbonyl (C=O) groups is 2. The number of hydrogen-bond acceptors (Lipinski definition) is 5. The summed E-state index contributed by atoms with van der Waals surface area (Å²) >= 11 is 0. The number of hydrogen-bond donors (Lipinski definition) is 3. The number of nitrogens with two attached hydrogens (primary N) is 1. The van der Waals surface area contributed by atoms with Crippen LogP contribution in [0.15, 0.2) is 61.1 Å². The number of amides is 2. The summed E-state index contributed by atoms with van der Waals surface area (Å²) in [6.45, 7) is 0. The lowest BCUT2D eigenvalue weighted by atomic mass is 10.0. The minimum atomic E-state index is -0.620. The number of rotatable bonds is 5. The maximum atomic E-state index is 13.8. The molecule has 1 fully saturated rings. The average Bonchev–Trinajstić information content (AvgIpc) is 3.49. The number of benzene rings is 2. The van der Waals surface area contributed by atoms with Crippen LogP contribution < -0.4 is 16.4 Å². The molecule has 2 aromatic carbocycles. The van der Waals surface area contributed by atoms with Crippen molar-refractivity contribution in [2.24, 2.45) is 0 Å². The number of nitrogens with zero attached hydrogens (tertiary/aromatic N) is 3. The number of halogens is 1. The summed E-state index contributed by atoms with van der Waals surface area (Å²) in [5.74, 6) is -0.537. The van der Waals surface area contributed by atoms with E-state index in [-0.39, 0.29) is 23.3 Å². The van der Waals surface area contributed by atoms with Gasteiger partial charge in [-0.1, -0.05) is 37.1 Å². The maximum absolute atomic E-state index is 13.8. The van der Waals surface area contributed by atoms with Gasteiger partial charge < -0.3 is 20.9 Å². The van der Waals surface area contributed by atoms with E-state index < -0.39 is 11.8 Å². The van der Waals surface area contributed by atoms with E-state index in [2.05, 4.69) is 20.6 Å². The van der Waals surface area contributed by atoms with Crippen LogP contribution in [0.4, 0.5) is 26.4 Å². The molecule has 2 amide bonds. The van der Waals surface area contributed by atoms with Crippen LogP contribution in [0.1, 0.15) is 47.6 Å². The normalized spacial score (nSPS) is 13.8. The first-order valence-electron chi connectivity index (χ1n) is 11.1. The van der Waals surface area contributed by atoms with Crippen LogP contribution >= 0.6 is 0 Å². The van der Waals surface area contributed by atoms with Gasteiger partial charge in [-0.25, -0.2) is 19.2 Å². The second kappa shape index (κ2) is 8.93. The number of fused-ring (bicyclic) bond motifs is 1. The SMILES string of the molecule is Nc1ncnc2c1c(C(=O)c1cccc(NC(=O)Nc3ccccc3F)c1)cn2C1CCCC1. The van der Waals surface area contributed by atoms with Crippen LogP contribution in [0.2, 0.25) is 0 Å². The molecular weight excluding hydrogens is 435 g/mol. The van der Waals surface area contributed by atoms with Crippen LogP contribution in [-0.2, 0) is 0 Å². The number of nitrogens with one attached hydrogen (secondary N) is 2. The summed E-state index contributed by atoms with van der Waals surface area (Å²) in [5.41, 5.74) is 8.05. The van der Waals surface area contributed by atoms with Crippen LogP contribution in [0.25, 0.3) is 11.0 Å². The number of ketones is 1. The molecule has 0 radical (unpaired) electrons. The van der Waals surface area contributed by atoms with Gasteiger partial charge in [0.25, 0.3) is 0 Å². The van der Waals surface area contributed by atoms with E-state index in [1.807, 2.05) is 10.8 Å². The molecule has 1 aliphatic carbocycles. The number of nitrogen functional groups attached to an aromatic ring is 1. The summed E-state index contributed by atoms with van der Waals surface area (Å²) in [4.78, 5) is 34.4. The zero-order chi connectivity index (χ0) is 23.7. The zero-order valence-electron chi connectivity index (χ0n) is 18.3. The summed E-state index contributed by atoms with van der Waals surface area (Å²) in [6.07, 6.45) is 7.55. The fourth-order valence-electron chi connectivity index (χ4n) is 4.48. The molecule has 0 atom stereocenters. The number of para-hydroxylation sites is 1. The lowest BCUT2D eigenvalue weighted by Crippen LogP contribution is -2.20. The van der Waals surface area contributed by atoms with Crippen molar-refractivity contribution < 1.29 is 14.0 Å². The van der Waals surface area contributed by atoms with Crippen molar-refractivity contribution >= 4 is 40.0 Å². The lowest BCUT2D eigenvalue weighted by molar-refractivity contribution is 0.104. The van der Waals surface area contributed by atoms with Gasteiger partial charge in [-0.2, -0.15) is 0 Å². The van der Waals surface area contributed by atoms with E-state index in [9.17, 15) is 14.0 Å². The van der Waals surface area contributed by atoms with Gasteiger partial charge in [-0.05, 0) is 37.1 Å². The number of carbonyl (C=O) groups excluding carboxylic acids is 2. The summed E-state index contributed by atoms with van der Waals surface area (Å²) in [7, 11) is 0. The Bertz CT molecular complexity index is 1390. The Balaban J connectivity index is 1.43. The first-order chi connectivity index (χ1) is 16.5. The molecule has 8 nitrogen and oxygen atoms in total. The highest BCUT2D eigenvalue weighted by Gasteiger charge is 2.25. The van der Waals surface area contributed by atoms with Crippen molar-refractivity contribution in [1.29, 1.82) is 0 Å². The molecule has 4 N–H and O–H groups in total. The average molecular weight is 458 g/mol. The highest BCUT2D eigenvalue weighted by Crippen LogP contribution is 2.35. The van der Waals surface area contributed by atoms with E-state index in [0.717, 1.165) is 25.7 Å². The molecular formula is C25H23FN6O2. The van der Waals surface area contributed by atoms with Gasteiger partial charge in [0.15, 0.2) is 5.78 Å². The predicted octanol–water partition coefficient (Wildman–Crippen LogP) is 5.14. The summed E-state index contributed by atoms with van der Waals surface area (Å²) in [6, 6.07) is 12.1. The van der Waals surface area contributed by atoms with Crippen LogP contribution in [-0.4, -0.2) is 26.3 Å². The first-order valence-corrected chi connectivity index (χ1v) is 11.1. The van der Waals surface area contributed by atoms with Crippen molar-refractivity contribution in [3.05, 3.63) is 78.0 Å². The van der Waals surface area contributed by atoms with Crippen molar-refractivity contribution in [3.8, 4) is 0 Å². The van der Waals surface area contributed by atoms with Crippen LogP contribution in [0.3, 0.4) is 0 Å². The van der Waals surface area contributed by atoms with Crippen LogP contribution in [0, 0.1) is 5.82 Å². The molecule has 0 saturated heterocycles. The van der Waals surface area contributed by atoms with Crippen molar-refractivity contribution in [2.45, 2.75) is 31.7 Å². The van der Waals surface area contributed by atoms with Crippen LogP contribution in [0.5, 0.6) is 0 Å². The molecule has 0 unspecified atom stereocenters. The molecule has 2 aromatic heterocycles. The Hall–Kier alpha value is -4.27. The van der Waals surface area contributed by atoms with Crippen molar-refractivity contribution in [2.75, 3.05) is 16.4 Å². The highest BCUT2D eigenvalue weighted by molar-refractivity contribution is 6.18. The molecule has 2 heterocycles. The molecule has 1 aliphatic rings. The number of urea groups is 1. The standard InChI is InChI=1S/C25H23FN6O2/c26-19-10-3-4-11-20(19)31-25(34)30-16-7-5-6-15(12-16)22(33)18-13-32(17-8-1-2-9-17)24-21(18)23(27)28-14-29-24/h3-7,10-14,17H,1-2,8-9H2,(H2,27,28,29)(H2,30,31,34). The van der Waals surface area contributed by atoms with Gasteiger partial charge in [0, 0.05) is 23.5 Å². The molecule has 172 valence electrons. The largest absolute Gasteiger partial charge is 0.383 e. The van der Waals surface area contributed by atoms with Gasteiger partial charge in [0.1, 0.15) is 23.6 Å². The molecule has 9 heteroatoms. The predicted molar refractivity (Wildman–Crippen MR) is 128 cm³/mol. The van der Waals surface area contributed by atoms with E-state index in [1.54, 1.807) is 30.3 Å². The van der Waals surface area contributed by atoms with Crippen molar-refractivity contribution in [3.63, 3.8) is 0 Å². The van der Waals surface area contributed by atoms with Gasteiger partial charge in [0.2, 0.25) is 0 Å². The number of anilines is 3. The van der Waals surface area contributed by atoms with E-state index in [4.69, 9.17) is 5.73 Å². The monoisotopic (exact) mass is 458 g/mol. The van der Waals surface area contributed by atoms with Gasteiger partial charge in [-0.15, -0.1) is 0 Å². The Kier molecular flexibility index (Phi) is 5.67. The summed E-state index contributed by atoms with van der Waals surface area (Å²) in [5, 5.41) is 5.64. The molecule has 0 spiro atoms. The second-order valence-electron chi connectivity index (χ2n) is 8.31. The van der Waals surface area contributed by atoms with E-state index in [0.29, 0.717) is 27.8 Å². The second-order valence-corrected chi connectivity index (χ2v) is 8.31. The maximum Gasteiger partial charge on any atom is 0.323 e. The third-order valence-electron chi connectivity index (χ3n) is 6.11. The fourth-order valence-corrected chi connectivity index (χ4v) is 4.48. The fraction of sp³-hybridized carbons (Fsp3) is 0.200. The molecule has 5 rings (SSSR count). The van der Waals surface area contributed by atoms with Gasteiger partial charge in [-0.3, -0.25) is 4.79 Å². The molecule has 34 heavy (non-hydrogen) atoms. The number of aromatic nitrogens is 3. The van der Waals surface area contributed by atoms with E-state index in [1.165, 1.54) is 24.5 Å². The molecule has 4 aromatic rings. The highest BCUT2D eigenvalue weighted by atomic mass is 19.1. The minimum absolute atomic E-state index is 0.0578. The van der Waals surface area contributed by atoms with Crippen molar-refractivity contribution in [1.82, 2.24) is 14.5 Å². The van der Waals surface area contributed by atoms with Gasteiger partial charge >= 0.3 is 6.03 Å². The third kappa shape index (κ3) is 4.07. The Morgan fingerprint density at radius 3 is 2.62 bits per heavy atom. The Labute approximate surface area is 195 Å².